The SMILES string of the molecule is C=CCn1c(=O)c2cnc(Nc3ccc(N4CCC(CN5CCC(c6ccc7c(C8CCC(=O)NC8=O)nn(C)c7c6)CC5)CC4)cc3)nc2n1-c1cccc(C(C)(C)O)n1. The van der Waals surface area contributed by atoms with E-state index in [2.05, 4.69) is 67.3 Å². The molecule has 0 radical (unpaired) electrons. The summed E-state index contributed by atoms with van der Waals surface area (Å²) in [6.45, 7) is 12.8. The van der Waals surface area contributed by atoms with Crippen molar-refractivity contribution in [2.24, 2.45) is 13.0 Å². The lowest BCUT2D eigenvalue weighted by molar-refractivity contribution is -0.134. The molecule has 3 N–H and O–H groups in total. The Balaban J connectivity index is 0.790. The molecule has 3 aliphatic rings. The fraction of sp³-hybridized carbons (Fsp3) is 0.413. The molecule has 0 bridgehead atoms. The van der Waals surface area contributed by atoms with Crippen molar-refractivity contribution in [3.8, 4) is 5.82 Å². The molecule has 0 saturated carbocycles. The predicted octanol–water partition coefficient (Wildman–Crippen LogP) is 5.64. The van der Waals surface area contributed by atoms with E-state index >= 15 is 0 Å². The van der Waals surface area contributed by atoms with Crippen molar-refractivity contribution in [2.75, 3.05) is 42.9 Å². The van der Waals surface area contributed by atoms with Crippen LogP contribution in [0.3, 0.4) is 0 Å². The number of rotatable bonds is 11. The number of hydrogen-bond acceptors (Lipinski definition) is 11. The van der Waals surface area contributed by atoms with Gasteiger partial charge < -0.3 is 20.2 Å². The van der Waals surface area contributed by atoms with Crippen LogP contribution in [0.15, 0.2) is 84.3 Å². The predicted molar refractivity (Wildman–Crippen MR) is 235 cm³/mol. The van der Waals surface area contributed by atoms with Gasteiger partial charge in [-0.05, 0) is 119 Å². The average Bonchev–Trinajstić information content (AvgIpc) is 3.73. The first-order valence-electron chi connectivity index (χ1n) is 21.4. The summed E-state index contributed by atoms with van der Waals surface area (Å²) in [7, 11) is 1.94. The van der Waals surface area contributed by atoms with E-state index < -0.39 is 11.5 Å². The molecule has 316 valence electrons. The second-order valence-corrected chi connectivity index (χ2v) is 17.3. The van der Waals surface area contributed by atoms with Crippen LogP contribution in [-0.2, 0) is 28.8 Å². The van der Waals surface area contributed by atoms with Gasteiger partial charge in [0.15, 0.2) is 11.5 Å². The zero-order valence-electron chi connectivity index (χ0n) is 35.0. The molecule has 1 atom stereocenters. The van der Waals surface area contributed by atoms with Crippen molar-refractivity contribution in [1.82, 2.24) is 44.3 Å². The van der Waals surface area contributed by atoms with Gasteiger partial charge in [0.25, 0.3) is 5.56 Å². The van der Waals surface area contributed by atoms with E-state index in [1.54, 1.807) is 42.8 Å². The van der Waals surface area contributed by atoms with Crippen LogP contribution >= 0.6 is 0 Å². The third-order valence-electron chi connectivity index (χ3n) is 12.7. The molecule has 2 amide bonds. The van der Waals surface area contributed by atoms with Gasteiger partial charge in [0, 0.05) is 56.1 Å². The highest BCUT2D eigenvalue weighted by Gasteiger charge is 2.32. The van der Waals surface area contributed by atoms with E-state index in [0.717, 1.165) is 80.7 Å². The summed E-state index contributed by atoms with van der Waals surface area (Å²) < 4.78 is 5.05. The number of hydrogen-bond donors (Lipinski definition) is 3. The molecule has 3 fully saturated rings. The maximum absolute atomic E-state index is 13.4. The van der Waals surface area contributed by atoms with Gasteiger partial charge in [-0.15, -0.1) is 6.58 Å². The van der Waals surface area contributed by atoms with E-state index in [1.165, 1.54) is 22.1 Å². The second kappa shape index (κ2) is 16.3. The number of amides is 2. The van der Waals surface area contributed by atoms with Gasteiger partial charge >= 0.3 is 0 Å². The number of aromatic nitrogens is 7. The third-order valence-corrected chi connectivity index (χ3v) is 12.7. The molecule has 0 spiro atoms. The number of aliphatic hydroxyl groups is 1. The first kappa shape index (κ1) is 40.2. The number of piperidine rings is 3. The van der Waals surface area contributed by atoms with Gasteiger partial charge in [-0.3, -0.25) is 24.4 Å². The van der Waals surface area contributed by atoms with Crippen LogP contribution in [0, 0.1) is 5.92 Å². The highest BCUT2D eigenvalue weighted by molar-refractivity contribution is 6.02. The van der Waals surface area contributed by atoms with E-state index in [9.17, 15) is 19.5 Å². The van der Waals surface area contributed by atoms with Crippen molar-refractivity contribution in [1.29, 1.82) is 0 Å². The zero-order chi connectivity index (χ0) is 42.4. The molecule has 2 aromatic carbocycles. The number of allylic oxidation sites excluding steroid dienone is 1. The number of likely N-dealkylation sites (tertiary alicyclic amines) is 1. The lowest BCUT2D eigenvalue weighted by Crippen LogP contribution is -2.41. The summed E-state index contributed by atoms with van der Waals surface area (Å²) in [4.78, 5) is 56.8. The molecule has 3 saturated heterocycles. The van der Waals surface area contributed by atoms with Crippen molar-refractivity contribution in [3.63, 3.8) is 0 Å². The summed E-state index contributed by atoms with van der Waals surface area (Å²) in [5.74, 6) is 1.12. The first-order valence-corrected chi connectivity index (χ1v) is 21.4. The molecule has 6 aromatic rings. The topological polar surface area (TPSA) is 168 Å². The molecule has 1 unspecified atom stereocenters. The number of fused-ring (bicyclic) bond motifs is 2. The number of imide groups is 1. The number of anilines is 3. The Bertz CT molecular complexity index is 2680. The minimum Gasteiger partial charge on any atom is -0.384 e. The summed E-state index contributed by atoms with van der Waals surface area (Å²) >= 11 is 0. The monoisotopic (exact) mass is 823 g/mol. The Kier molecular flexibility index (Phi) is 10.8. The second-order valence-electron chi connectivity index (χ2n) is 17.3. The Morgan fingerprint density at radius 3 is 2.43 bits per heavy atom. The maximum Gasteiger partial charge on any atom is 0.278 e. The van der Waals surface area contributed by atoms with Crippen molar-refractivity contribution in [2.45, 2.75) is 76.4 Å². The summed E-state index contributed by atoms with van der Waals surface area (Å²) in [6.07, 6.45) is 8.58. The number of benzene rings is 2. The smallest absolute Gasteiger partial charge is 0.278 e. The molecular weight excluding hydrogens is 771 g/mol. The molecule has 0 aliphatic carbocycles. The number of carbonyl (C=O) groups is 2. The molecule has 7 heterocycles. The first-order chi connectivity index (χ1) is 29.4. The van der Waals surface area contributed by atoms with Crippen LogP contribution in [0.5, 0.6) is 0 Å². The van der Waals surface area contributed by atoms with Gasteiger partial charge in [0.1, 0.15) is 11.0 Å². The highest BCUT2D eigenvalue weighted by Crippen LogP contribution is 2.35. The number of nitrogens with one attached hydrogen (secondary N) is 2. The van der Waals surface area contributed by atoms with Gasteiger partial charge in [-0.1, -0.05) is 24.3 Å². The lowest BCUT2D eigenvalue weighted by atomic mass is 9.87. The lowest BCUT2D eigenvalue weighted by Gasteiger charge is -2.38. The van der Waals surface area contributed by atoms with Gasteiger partial charge in [0.2, 0.25) is 17.8 Å². The maximum atomic E-state index is 13.4. The molecule has 61 heavy (non-hydrogen) atoms. The van der Waals surface area contributed by atoms with Crippen LogP contribution in [0.4, 0.5) is 17.3 Å². The molecule has 15 nitrogen and oxygen atoms in total. The fourth-order valence-corrected chi connectivity index (χ4v) is 9.33. The quantitative estimate of drug-likeness (QED) is 0.109. The zero-order valence-corrected chi connectivity index (χ0v) is 35.0. The Hall–Kier alpha value is -6.19. The van der Waals surface area contributed by atoms with Crippen LogP contribution in [-0.4, -0.2) is 88.6 Å². The van der Waals surface area contributed by atoms with Crippen molar-refractivity contribution in [3.05, 3.63) is 107 Å². The van der Waals surface area contributed by atoms with Crippen molar-refractivity contribution >= 4 is 51.1 Å². The number of pyridine rings is 1. The molecule has 15 heteroatoms. The summed E-state index contributed by atoms with van der Waals surface area (Å²) in [6, 6.07) is 20.3. The molecular formula is C46H53N11O4. The minimum atomic E-state index is -1.17. The third kappa shape index (κ3) is 8.07. The fourth-order valence-electron chi connectivity index (χ4n) is 9.33. The summed E-state index contributed by atoms with van der Waals surface area (Å²) in [5.41, 5.74) is 4.61. The Morgan fingerprint density at radius 1 is 0.934 bits per heavy atom. The normalized spacial score (nSPS) is 18.6. The van der Waals surface area contributed by atoms with Crippen LogP contribution < -0.4 is 21.1 Å². The van der Waals surface area contributed by atoms with Crippen LogP contribution in [0.25, 0.3) is 27.8 Å². The van der Waals surface area contributed by atoms with Gasteiger partial charge in [-0.25, -0.2) is 19.3 Å². The van der Waals surface area contributed by atoms with Crippen LogP contribution in [0.2, 0.25) is 0 Å². The van der Waals surface area contributed by atoms with Crippen molar-refractivity contribution < 1.29 is 14.7 Å². The van der Waals surface area contributed by atoms with Gasteiger partial charge in [0.05, 0.1) is 29.4 Å². The largest absolute Gasteiger partial charge is 0.384 e. The number of nitrogens with zero attached hydrogens (tertiary/aromatic N) is 9. The standard InChI is InChI=1S/C46H53N11O4/c1-5-21-56-44(60)36-27-47-45(51-42(36)57(56)39-8-6-7-38(49-39)46(2,3)61)48-32-10-12-33(13-11-32)55-24-17-29(18-25-55)28-54-22-19-30(20-23-54)31-9-14-34-37(26-31)53(4)52-41(34)35-15-16-40(58)50-43(35)59/h5-14,26-27,29-30,35,61H,1,15-25,28H2,2-4H3,(H,47,48,51)(H,50,58,59). The molecule has 3 aliphatic heterocycles. The highest BCUT2D eigenvalue weighted by atomic mass is 16.3. The minimum absolute atomic E-state index is 0.209. The Labute approximate surface area is 354 Å². The number of aryl methyl sites for hydroxylation is 1. The number of carbonyl (C=O) groups excluding carboxylic acids is 2. The Morgan fingerprint density at radius 2 is 1.70 bits per heavy atom. The molecule has 4 aromatic heterocycles. The van der Waals surface area contributed by atoms with E-state index in [4.69, 9.17) is 10.1 Å². The average molecular weight is 824 g/mol. The molecule has 9 rings (SSSR count). The van der Waals surface area contributed by atoms with E-state index in [-0.39, 0.29) is 23.9 Å². The van der Waals surface area contributed by atoms with Gasteiger partial charge in [-0.2, -0.15) is 10.1 Å². The summed E-state index contributed by atoms with van der Waals surface area (Å²) in [5, 5.41) is 22.5. The van der Waals surface area contributed by atoms with E-state index in [0.29, 0.717) is 53.2 Å². The van der Waals surface area contributed by atoms with E-state index in [1.807, 2.05) is 23.9 Å². The van der Waals surface area contributed by atoms with Crippen LogP contribution in [0.1, 0.15) is 81.2 Å².